The zero-order valence-electron chi connectivity index (χ0n) is 41.7. The molecule has 0 amide bonds. The molecule has 12 nitrogen and oxygen atoms in total. The minimum atomic E-state index is 0.330. The Bertz CT molecular complexity index is 4750. The first kappa shape index (κ1) is 48.1. The smallest absolute Gasteiger partial charge is 0.189 e. The number of hydrogen-bond donors (Lipinski definition) is 0. The quantitative estimate of drug-likeness (QED) is 0.145. The van der Waals surface area contributed by atoms with E-state index in [1.807, 2.05) is 91.0 Å². The molecule has 0 aliphatic rings. The summed E-state index contributed by atoms with van der Waals surface area (Å²) in [6.07, 6.45) is 3.50. The monoisotopic (exact) mass is 1010 g/mol. The van der Waals surface area contributed by atoms with Crippen LogP contribution >= 0.6 is 0 Å². The lowest BCUT2D eigenvalue weighted by molar-refractivity contribution is 1.13. The highest BCUT2D eigenvalue weighted by molar-refractivity contribution is 6.14. The van der Waals surface area contributed by atoms with Gasteiger partial charge in [0, 0.05) is 50.0 Å². The van der Waals surface area contributed by atoms with Crippen LogP contribution in [-0.4, -0.2) is 14.1 Å². The number of hydrogen-bond acceptors (Lipinski definition) is 6. The fraction of sp³-hybridized carbons (Fsp3) is 0. The average molecular weight is 1020 g/mol. The first-order chi connectivity index (χ1) is 39.2. The third-order valence-corrected chi connectivity index (χ3v) is 14.3. The van der Waals surface area contributed by atoms with Crippen LogP contribution in [0.4, 0.5) is 22.7 Å². The summed E-state index contributed by atoms with van der Waals surface area (Å²) >= 11 is 0. The fourth-order valence-corrected chi connectivity index (χ4v) is 10.7. The number of fused-ring (bicyclic) bond motifs is 6. The van der Waals surface area contributed by atoms with Gasteiger partial charge in [-0.2, -0.15) is 26.3 Å². The highest BCUT2D eigenvalue weighted by Crippen LogP contribution is 2.45. The van der Waals surface area contributed by atoms with Gasteiger partial charge in [0.1, 0.15) is 0 Å². The lowest BCUT2D eigenvalue weighted by Gasteiger charge is -2.18. The van der Waals surface area contributed by atoms with E-state index in [4.69, 9.17) is 31.3 Å². The van der Waals surface area contributed by atoms with Gasteiger partial charge in [0.25, 0.3) is 0 Å². The molecule has 12 aromatic rings. The number of pyridine rings is 1. The lowest BCUT2D eigenvalue weighted by atomic mass is 9.97. The molecule has 3 aromatic heterocycles. The summed E-state index contributed by atoms with van der Waals surface area (Å²) in [5, 5.41) is 53.7. The van der Waals surface area contributed by atoms with Crippen molar-refractivity contribution in [2.24, 2.45) is 0 Å². The van der Waals surface area contributed by atoms with Crippen LogP contribution in [0.15, 0.2) is 182 Å². The summed E-state index contributed by atoms with van der Waals surface area (Å²) in [6.45, 7) is 31.1. The molecule has 0 aliphatic heterocycles. The van der Waals surface area contributed by atoms with E-state index in [0.717, 1.165) is 77.1 Å². The molecule has 0 aliphatic carbocycles. The van der Waals surface area contributed by atoms with Crippen LogP contribution in [0.25, 0.3) is 130 Å². The number of aromatic nitrogens is 3. The van der Waals surface area contributed by atoms with Crippen molar-refractivity contribution < 1.29 is 0 Å². The van der Waals surface area contributed by atoms with Gasteiger partial charge in [-0.15, -0.1) is 0 Å². The van der Waals surface area contributed by atoms with Crippen molar-refractivity contribution in [1.29, 1.82) is 26.3 Å². The second-order valence-corrected chi connectivity index (χ2v) is 18.8. The maximum Gasteiger partial charge on any atom is 0.189 e. The Morgan fingerprint density at radius 3 is 1.07 bits per heavy atom. The summed E-state index contributed by atoms with van der Waals surface area (Å²) < 4.78 is 4.27. The van der Waals surface area contributed by atoms with Crippen LogP contribution in [-0.2, 0) is 0 Å². The van der Waals surface area contributed by atoms with Crippen molar-refractivity contribution in [3.63, 3.8) is 0 Å². The Balaban J connectivity index is 1.12. The summed E-state index contributed by atoms with van der Waals surface area (Å²) in [7, 11) is 0. The topological polar surface area (TPSA) is 159 Å². The molecular weight excluding hydrogens is 985 g/mol. The standard InChI is InChI=1S/C68H30N12/c1-74-53-22-43(37-72)20-50(25-53)46-7-11-64-59(30-46)60-32-48(52-27-55(76-3)33-56(28-52)77-4)9-12-65(60)79(64)63-10-5-40(34-69)24-58(63)57-15-16-78-39-68(57)80-66-13-6-45(49-18-41(35-70)17-42(19-49)36-71)29-61(66)62-31-47(8-14-67(62)80)51-21-44(38-73)23-54(26-51)75-2/h5-33,39H. The number of nitriles is 5. The molecule has 0 saturated heterocycles. The number of nitrogens with zero attached hydrogens (tertiary/aromatic N) is 12. The highest BCUT2D eigenvalue weighted by Gasteiger charge is 2.23. The van der Waals surface area contributed by atoms with E-state index in [-0.39, 0.29) is 0 Å². The van der Waals surface area contributed by atoms with Crippen LogP contribution in [0.5, 0.6) is 0 Å². The van der Waals surface area contributed by atoms with Crippen LogP contribution in [0.1, 0.15) is 27.8 Å². The maximum absolute atomic E-state index is 10.6. The second kappa shape index (κ2) is 19.4. The lowest BCUT2D eigenvalue weighted by Crippen LogP contribution is -2.02. The second-order valence-electron chi connectivity index (χ2n) is 18.8. The van der Waals surface area contributed by atoms with Crippen LogP contribution in [0.3, 0.4) is 0 Å². The van der Waals surface area contributed by atoms with Gasteiger partial charge in [-0.3, -0.25) is 4.98 Å². The third-order valence-electron chi connectivity index (χ3n) is 14.3. The molecule has 12 heteroatoms. The van der Waals surface area contributed by atoms with Crippen molar-refractivity contribution in [1.82, 2.24) is 14.1 Å². The van der Waals surface area contributed by atoms with Crippen molar-refractivity contribution in [3.8, 4) is 97.4 Å². The Hall–Kier alpha value is -12.9. The normalized spacial score (nSPS) is 10.6. The molecule has 0 unspecified atom stereocenters. The predicted octanol–water partition coefficient (Wildman–Crippen LogP) is 17.2. The summed E-state index contributed by atoms with van der Waals surface area (Å²) in [5.41, 5.74) is 15.0. The van der Waals surface area contributed by atoms with Gasteiger partial charge in [-0.1, -0.05) is 42.5 Å². The van der Waals surface area contributed by atoms with Gasteiger partial charge in [0.2, 0.25) is 0 Å². The molecule has 0 N–H and O–H groups in total. The summed E-state index contributed by atoms with van der Waals surface area (Å²) in [4.78, 5) is 19.3. The first-order valence-electron chi connectivity index (χ1n) is 24.5. The minimum absolute atomic E-state index is 0.330. The van der Waals surface area contributed by atoms with E-state index in [1.165, 1.54) is 0 Å². The van der Waals surface area contributed by atoms with Gasteiger partial charge < -0.3 is 9.13 Å². The van der Waals surface area contributed by atoms with Crippen molar-refractivity contribution >= 4 is 66.4 Å². The Labute approximate surface area is 457 Å². The molecule has 9 aromatic carbocycles. The van der Waals surface area contributed by atoms with Crippen molar-refractivity contribution in [2.45, 2.75) is 0 Å². The molecular formula is C68H30N12. The molecule has 362 valence electrons. The molecule has 12 rings (SSSR count). The SMILES string of the molecule is [C-]#[N+]c1cc(C#N)cc(-c2ccc3c(c2)c2cc(-c4cc([N+]#[C-])cc([N+]#[C-])c4)ccc2n3-c2ccc(C#N)cc2-c2ccncc2-n2c3ccc(-c4cc(C#N)cc(C#N)c4)cc3c3cc(-c4cc(C#N)cc([N+]#[C-])c4)ccc32)c1. The summed E-state index contributed by atoms with van der Waals surface area (Å²) in [5.74, 6) is 0. The van der Waals surface area contributed by atoms with Gasteiger partial charge >= 0.3 is 0 Å². The molecule has 80 heavy (non-hydrogen) atoms. The van der Waals surface area contributed by atoms with Gasteiger partial charge in [-0.05, 0) is 172 Å². The average Bonchev–Trinajstić information content (AvgIpc) is 4.04. The predicted molar refractivity (Wildman–Crippen MR) is 309 cm³/mol. The largest absolute Gasteiger partial charge is 0.309 e. The van der Waals surface area contributed by atoms with Crippen molar-refractivity contribution in [2.75, 3.05) is 0 Å². The first-order valence-corrected chi connectivity index (χ1v) is 24.5. The Morgan fingerprint density at radius 1 is 0.312 bits per heavy atom. The van der Waals surface area contributed by atoms with E-state index in [1.54, 1.807) is 91.3 Å². The van der Waals surface area contributed by atoms with E-state index < -0.39 is 0 Å². The Morgan fingerprint density at radius 2 is 0.675 bits per heavy atom. The number of rotatable bonds is 7. The molecule has 0 saturated carbocycles. The zero-order chi connectivity index (χ0) is 55.2. The zero-order valence-corrected chi connectivity index (χ0v) is 41.7. The van der Waals surface area contributed by atoms with E-state index in [2.05, 4.69) is 58.9 Å². The molecule has 0 bridgehead atoms. The molecule has 3 heterocycles. The fourth-order valence-electron chi connectivity index (χ4n) is 10.7. The Kier molecular flexibility index (Phi) is 11.7. The minimum Gasteiger partial charge on any atom is -0.309 e. The maximum atomic E-state index is 10.6. The molecule has 0 atom stereocenters. The molecule has 0 radical (unpaired) electrons. The number of benzene rings is 9. The van der Waals surface area contributed by atoms with Crippen molar-refractivity contribution in [3.05, 3.63) is 256 Å². The molecule has 0 spiro atoms. The van der Waals surface area contributed by atoms with E-state index >= 15 is 0 Å². The van der Waals surface area contributed by atoms with Crippen LogP contribution < -0.4 is 0 Å². The third kappa shape index (κ3) is 8.17. The van der Waals surface area contributed by atoms with Gasteiger partial charge in [-0.25, -0.2) is 19.4 Å². The summed E-state index contributed by atoms with van der Waals surface area (Å²) in [6, 6.07) is 62.9. The van der Waals surface area contributed by atoms with Gasteiger partial charge in [0.15, 0.2) is 22.7 Å². The van der Waals surface area contributed by atoms with E-state index in [9.17, 15) is 26.3 Å². The van der Waals surface area contributed by atoms with Crippen LogP contribution in [0, 0.1) is 82.9 Å². The van der Waals surface area contributed by atoms with Gasteiger partial charge in [0.05, 0.1) is 113 Å². The highest BCUT2D eigenvalue weighted by atomic mass is 15.0. The van der Waals surface area contributed by atoms with E-state index in [0.29, 0.717) is 84.1 Å². The molecule has 0 fully saturated rings. The van der Waals surface area contributed by atoms with Crippen LogP contribution in [0.2, 0.25) is 0 Å².